The van der Waals surface area contributed by atoms with Gasteiger partial charge < -0.3 is 0 Å². The van der Waals surface area contributed by atoms with E-state index in [2.05, 4.69) is 0 Å². The van der Waals surface area contributed by atoms with E-state index in [0.29, 0.717) is 11.1 Å². The van der Waals surface area contributed by atoms with Gasteiger partial charge in [0.1, 0.15) is 10.8 Å². The SMILES string of the molecule is N#CSc1ccc(C(=O)c2ccc(SC#N)cc2)cc1. The van der Waals surface area contributed by atoms with E-state index in [4.69, 9.17) is 10.5 Å². The maximum atomic E-state index is 12.2. The zero-order chi connectivity index (χ0) is 14.4. The molecule has 0 aliphatic carbocycles. The normalized spacial score (nSPS) is 9.50. The number of carbonyl (C=O) groups excluding carboxylic acids is 1. The molecule has 2 aromatic carbocycles. The summed E-state index contributed by atoms with van der Waals surface area (Å²) in [6.07, 6.45) is 0. The summed E-state index contributed by atoms with van der Waals surface area (Å²) in [5, 5.41) is 21.1. The molecule has 20 heavy (non-hydrogen) atoms. The van der Waals surface area contributed by atoms with Crippen LogP contribution in [0.1, 0.15) is 15.9 Å². The van der Waals surface area contributed by atoms with Gasteiger partial charge in [-0.05, 0) is 72.1 Å². The van der Waals surface area contributed by atoms with Crippen molar-refractivity contribution in [2.75, 3.05) is 0 Å². The van der Waals surface area contributed by atoms with Crippen molar-refractivity contribution in [3.63, 3.8) is 0 Å². The van der Waals surface area contributed by atoms with E-state index in [1.165, 1.54) is 0 Å². The third kappa shape index (κ3) is 3.42. The summed E-state index contributed by atoms with van der Waals surface area (Å²) >= 11 is 2.12. The summed E-state index contributed by atoms with van der Waals surface area (Å²) in [6, 6.07) is 13.8. The summed E-state index contributed by atoms with van der Waals surface area (Å²) in [5.74, 6) is -0.0768. The van der Waals surface area contributed by atoms with Crippen LogP contribution in [-0.4, -0.2) is 5.78 Å². The first kappa shape index (κ1) is 14.2. The molecule has 0 saturated carbocycles. The van der Waals surface area contributed by atoms with E-state index in [-0.39, 0.29) is 5.78 Å². The Hall–Kier alpha value is -2.21. The first-order chi connectivity index (χ1) is 9.74. The molecule has 0 saturated heterocycles. The second-order valence-corrected chi connectivity index (χ2v) is 5.48. The van der Waals surface area contributed by atoms with Crippen LogP contribution >= 0.6 is 23.5 Å². The highest BCUT2D eigenvalue weighted by Crippen LogP contribution is 2.20. The number of ketones is 1. The molecule has 0 fully saturated rings. The van der Waals surface area contributed by atoms with Crippen molar-refractivity contribution < 1.29 is 4.79 Å². The fraction of sp³-hybridized carbons (Fsp3) is 0. The number of hydrogen-bond donors (Lipinski definition) is 0. The molecule has 0 unspecified atom stereocenters. The van der Waals surface area contributed by atoms with Gasteiger partial charge in [-0.15, -0.1) is 0 Å². The molecule has 5 heteroatoms. The maximum absolute atomic E-state index is 12.2. The lowest BCUT2D eigenvalue weighted by Crippen LogP contribution is -2.00. The van der Waals surface area contributed by atoms with E-state index < -0.39 is 0 Å². The van der Waals surface area contributed by atoms with Crippen LogP contribution in [-0.2, 0) is 0 Å². The second kappa shape index (κ2) is 6.81. The maximum Gasteiger partial charge on any atom is 0.193 e. The average Bonchev–Trinajstić information content (AvgIpc) is 2.49. The number of benzene rings is 2. The van der Waals surface area contributed by atoms with Crippen LogP contribution < -0.4 is 0 Å². The number of nitrogens with zero attached hydrogens (tertiary/aromatic N) is 2. The van der Waals surface area contributed by atoms with Crippen LogP contribution in [0.4, 0.5) is 0 Å². The lowest BCUT2D eigenvalue weighted by atomic mass is 10.0. The molecule has 0 aliphatic rings. The van der Waals surface area contributed by atoms with Crippen LogP contribution in [0.15, 0.2) is 58.3 Å². The van der Waals surface area contributed by atoms with Crippen molar-refractivity contribution in [1.29, 1.82) is 10.5 Å². The molecular formula is C15H8N2OS2. The summed E-state index contributed by atoms with van der Waals surface area (Å²) in [7, 11) is 0. The van der Waals surface area contributed by atoms with Gasteiger partial charge in [0.2, 0.25) is 0 Å². The Labute approximate surface area is 125 Å². The van der Waals surface area contributed by atoms with Crippen molar-refractivity contribution in [3.8, 4) is 10.8 Å². The largest absolute Gasteiger partial charge is 0.289 e. The third-order valence-electron chi connectivity index (χ3n) is 2.56. The van der Waals surface area contributed by atoms with Crippen molar-refractivity contribution in [1.82, 2.24) is 0 Å². The Morgan fingerprint density at radius 3 is 1.40 bits per heavy atom. The second-order valence-electron chi connectivity index (χ2n) is 3.76. The van der Waals surface area contributed by atoms with Gasteiger partial charge in [-0.1, -0.05) is 0 Å². The van der Waals surface area contributed by atoms with Gasteiger partial charge in [-0.25, -0.2) is 0 Å². The number of hydrogen-bond acceptors (Lipinski definition) is 5. The van der Waals surface area contributed by atoms with Crippen LogP contribution in [0.5, 0.6) is 0 Å². The van der Waals surface area contributed by atoms with Crippen LogP contribution in [0.2, 0.25) is 0 Å². The van der Waals surface area contributed by atoms with Crippen LogP contribution in [0.3, 0.4) is 0 Å². The predicted octanol–water partition coefficient (Wildman–Crippen LogP) is 4.06. The Morgan fingerprint density at radius 1 is 0.750 bits per heavy atom. The Bertz CT molecular complexity index is 633. The van der Waals surface area contributed by atoms with Gasteiger partial charge >= 0.3 is 0 Å². The lowest BCUT2D eigenvalue weighted by molar-refractivity contribution is 0.103. The summed E-state index contributed by atoms with van der Waals surface area (Å²) < 4.78 is 0. The minimum absolute atomic E-state index is 0.0768. The molecule has 0 spiro atoms. The first-order valence-electron chi connectivity index (χ1n) is 5.61. The molecule has 0 N–H and O–H groups in total. The highest BCUT2D eigenvalue weighted by molar-refractivity contribution is 8.04. The molecule has 0 amide bonds. The molecule has 0 atom stereocenters. The van der Waals surface area contributed by atoms with Crippen molar-refractivity contribution in [2.24, 2.45) is 0 Å². The van der Waals surface area contributed by atoms with Crippen molar-refractivity contribution in [2.45, 2.75) is 9.79 Å². The minimum Gasteiger partial charge on any atom is -0.289 e. The monoisotopic (exact) mass is 296 g/mol. The summed E-state index contributed by atoms with van der Waals surface area (Å²) in [5.41, 5.74) is 1.15. The van der Waals surface area contributed by atoms with Gasteiger partial charge in [0, 0.05) is 20.9 Å². The number of nitriles is 2. The molecular weight excluding hydrogens is 288 g/mol. The van der Waals surface area contributed by atoms with E-state index in [1.807, 2.05) is 10.8 Å². The Balaban J connectivity index is 2.18. The molecule has 0 aliphatic heterocycles. The quantitative estimate of drug-likeness (QED) is 0.483. The minimum atomic E-state index is -0.0768. The smallest absolute Gasteiger partial charge is 0.193 e. The fourth-order valence-electron chi connectivity index (χ4n) is 1.62. The number of thioether (sulfide) groups is 2. The van der Waals surface area contributed by atoms with Crippen molar-refractivity contribution in [3.05, 3.63) is 59.7 Å². The first-order valence-corrected chi connectivity index (χ1v) is 7.24. The molecule has 0 radical (unpaired) electrons. The van der Waals surface area contributed by atoms with E-state index in [0.717, 1.165) is 33.3 Å². The molecule has 0 bridgehead atoms. The number of rotatable bonds is 4. The Morgan fingerprint density at radius 2 is 1.10 bits per heavy atom. The van der Waals surface area contributed by atoms with Gasteiger partial charge in [0.15, 0.2) is 5.78 Å². The zero-order valence-electron chi connectivity index (χ0n) is 10.2. The number of thiocyanates is 2. The molecule has 2 rings (SSSR count). The van der Waals surface area contributed by atoms with Crippen LogP contribution in [0, 0.1) is 21.3 Å². The van der Waals surface area contributed by atoms with Gasteiger partial charge in [0.05, 0.1) is 0 Å². The highest BCUT2D eigenvalue weighted by atomic mass is 32.2. The highest BCUT2D eigenvalue weighted by Gasteiger charge is 2.09. The molecule has 3 nitrogen and oxygen atoms in total. The number of carbonyl (C=O) groups is 1. The van der Waals surface area contributed by atoms with Gasteiger partial charge in [-0.2, -0.15) is 10.5 Å². The lowest BCUT2D eigenvalue weighted by Gasteiger charge is -2.02. The average molecular weight is 296 g/mol. The molecule has 2 aromatic rings. The van der Waals surface area contributed by atoms with E-state index in [1.54, 1.807) is 48.5 Å². The Kier molecular flexibility index (Phi) is 4.84. The molecule has 0 heterocycles. The van der Waals surface area contributed by atoms with E-state index >= 15 is 0 Å². The summed E-state index contributed by atoms with van der Waals surface area (Å²) in [6.45, 7) is 0. The van der Waals surface area contributed by atoms with E-state index in [9.17, 15) is 4.79 Å². The van der Waals surface area contributed by atoms with Crippen LogP contribution in [0.25, 0.3) is 0 Å². The zero-order valence-corrected chi connectivity index (χ0v) is 11.9. The van der Waals surface area contributed by atoms with Crippen molar-refractivity contribution >= 4 is 29.3 Å². The fourth-order valence-corrected chi connectivity index (χ4v) is 2.38. The third-order valence-corrected chi connectivity index (χ3v) is 3.76. The standard InChI is InChI=1S/C15H8N2OS2/c16-9-19-13-5-1-11(2-6-13)15(18)12-3-7-14(8-4-12)20-10-17/h1-8H. The molecule has 0 aromatic heterocycles. The van der Waals surface area contributed by atoms with Gasteiger partial charge in [0.25, 0.3) is 0 Å². The summed E-state index contributed by atoms with van der Waals surface area (Å²) in [4.78, 5) is 13.9. The topological polar surface area (TPSA) is 64.7 Å². The van der Waals surface area contributed by atoms with Gasteiger partial charge in [-0.3, -0.25) is 4.79 Å². The molecule has 96 valence electrons. The predicted molar refractivity (Wildman–Crippen MR) is 79.3 cm³/mol.